The van der Waals surface area contributed by atoms with Crippen molar-refractivity contribution >= 4 is 11.6 Å². The Balaban J connectivity index is 2.13. The maximum atomic E-state index is 12.1. The predicted octanol–water partition coefficient (Wildman–Crippen LogP) is 2.32. The monoisotopic (exact) mass is 257 g/mol. The van der Waals surface area contributed by atoms with Gasteiger partial charge in [-0.1, -0.05) is 31.8 Å². The molecule has 1 aromatic carbocycles. The molecule has 19 heavy (non-hydrogen) atoms. The van der Waals surface area contributed by atoms with Crippen LogP contribution in [0, 0.1) is 30.1 Å². The molecule has 1 unspecified atom stereocenters. The second kappa shape index (κ2) is 5.07. The molecule has 0 radical (unpaired) electrons. The van der Waals surface area contributed by atoms with Gasteiger partial charge in [0.15, 0.2) is 0 Å². The van der Waals surface area contributed by atoms with E-state index in [0.717, 1.165) is 23.2 Å². The largest absolute Gasteiger partial charge is 0.384 e. The predicted molar refractivity (Wildman–Crippen MR) is 75.7 cm³/mol. The number of benzene rings is 1. The molecule has 0 saturated heterocycles. The van der Waals surface area contributed by atoms with E-state index in [1.54, 1.807) is 0 Å². The highest BCUT2D eigenvalue weighted by molar-refractivity contribution is 5.95. The number of hydrogen-bond acceptors (Lipinski definition) is 2. The third-order valence-corrected chi connectivity index (χ3v) is 3.64. The average Bonchev–Trinajstić information content (AvgIpc) is 2.99. The van der Waals surface area contributed by atoms with Crippen LogP contribution < -0.4 is 5.32 Å². The summed E-state index contributed by atoms with van der Waals surface area (Å²) in [4.78, 5) is 12.1. The quantitative estimate of drug-likeness (QED) is 0.799. The Morgan fingerprint density at radius 1 is 1.53 bits per heavy atom. The molecule has 1 aliphatic rings. The van der Waals surface area contributed by atoms with E-state index in [0.29, 0.717) is 0 Å². The molecule has 1 aromatic rings. The van der Waals surface area contributed by atoms with Gasteiger partial charge in [0.25, 0.3) is 0 Å². The van der Waals surface area contributed by atoms with Crippen molar-refractivity contribution in [3.63, 3.8) is 0 Å². The highest BCUT2D eigenvalue weighted by atomic mass is 16.2. The van der Waals surface area contributed by atoms with Gasteiger partial charge in [-0.3, -0.25) is 4.79 Å². The smallest absolute Gasteiger partial charge is 0.228 e. The lowest BCUT2D eigenvalue weighted by atomic mass is 10.1. The maximum absolute atomic E-state index is 12.1. The van der Waals surface area contributed by atoms with Gasteiger partial charge in [-0.25, -0.2) is 0 Å². The summed E-state index contributed by atoms with van der Waals surface area (Å²) in [5.74, 6) is 5.64. The topological polar surface area (TPSA) is 49.3 Å². The van der Waals surface area contributed by atoms with Gasteiger partial charge in [0, 0.05) is 17.2 Å². The molecule has 0 aromatic heterocycles. The van der Waals surface area contributed by atoms with Gasteiger partial charge in [0.1, 0.15) is 6.61 Å². The molecule has 2 N–H and O–H groups in total. The van der Waals surface area contributed by atoms with Crippen molar-refractivity contribution in [1.29, 1.82) is 0 Å². The number of amides is 1. The minimum Gasteiger partial charge on any atom is -0.384 e. The molecule has 1 atom stereocenters. The van der Waals surface area contributed by atoms with Crippen molar-refractivity contribution in [3.8, 4) is 11.8 Å². The normalized spacial score (nSPS) is 19.3. The molecular formula is C16H19NO2. The summed E-state index contributed by atoms with van der Waals surface area (Å²) >= 11 is 0. The fraction of sp³-hybridized carbons (Fsp3) is 0.438. The van der Waals surface area contributed by atoms with E-state index in [2.05, 4.69) is 31.0 Å². The molecule has 1 saturated carbocycles. The van der Waals surface area contributed by atoms with E-state index in [-0.39, 0.29) is 23.8 Å². The first kappa shape index (κ1) is 13.6. The van der Waals surface area contributed by atoms with Gasteiger partial charge in [0.05, 0.1) is 0 Å². The number of anilines is 1. The van der Waals surface area contributed by atoms with Crippen LogP contribution >= 0.6 is 0 Å². The number of carbonyl (C=O) groups excluding carboxylic acids is 1. The molecule has 3 nitrogen and oxygen atoms in total. The summed E-state index contributed by atoms with van der Waals surface area (Å²) in [7, 11) is 0. The van der Waals surface area contributed by atoms with E-state index in [9.17, 15) is 4.79 Å². The molecule has 0 bridgehead atoms. The minimum atomic E-state index is -0.161. The lowest BCUT2D eigenvalue weighted by Crippen LogP contribution is -2.17. The first-order chi connectivity index (χ1) is 8.94. The molecule has 0 spiro atoms. The molecule has 3 heteroatoms. The molecule has 0 aliphatic heterocycles. The molecule has 1 fully saturated rings. The van der Waals surface area contributed by atoms with E-state index >= 15 is 0 Å². The number of nitrogens with one attached hydrogen (secondary N) is 1. The van der Waals surface area contributed by atoms with Crippen LogP contribution in [0.25, 0.3) is 0 Å². The molecule has 1 amide bonds. The van der Waals surface area contributed by atoms with Crippen molar-refractivity contribution in [1.82, 2.24) is 0 Å². The molecular weight excluding hydrogens is 238 g/mol. The number of aryl methyl sites for hydroxylation is 1. The average molecular weight is 257 g/mol. The summed E-state index contributed by atoms with van der Waals surface area (Å²) in [5.41, 5.74) is 2.75. The van der Waals surface area contributed by atoms with Crippen LogP contribution in [0.1, 0.15) is 31.4 Å². The van der Waals surface area contributed by atoms with Crippen LogP contribution in [0.4, 0.5) is 5.69 Å². The zero-order valence-electron chi connectivity index (χ0n) is 11.6. The zero-order chi connectivity index (χ0) is 14.0. The number of rotatable bonds is 2. The van der Waals surface area contributed by atoms with Crippen LogP contribution in [0.5, 0.6) is 0 Å². The van der Waals surface area contributed by atoms with Crippen molar-refractivity contribution in [2.45, 2.75) is 27.2 Å². The second-order valence-corrected chi connectivity index (χ2v) is 5.72. The van der Waals surface area contributed by atoms with E-state index in [4.69, 9.17) is 5.11 Å². The van der Waals surface area contributed by atoms with Crippen LogP contribution in [0.15, 0.2) is 18.2 Å². The summed E-state index contributed by atoms with van der Waals surface area (Å²) < 4.78 is 0. The lowest BCUT2D eigenvalue weighted by molar-refractivity contribution is -0.118. The van der Waals surface area contributed by atoms with Gasteiger partial charge in [-0.05, 0) is 36.5 Å². The maximum Gasteiger partial charge on any atom is 0.228 e. The summed E-state index contributed by atoms with van der Waals surface area (Å²) in [6.07, 6.45) is 0.946. The zero-order valence-corrected chi connectivity index (χ0v) is 11.6. The summed E-state index contributed by atoms with van der Waals surface area (Å²) in [5, 5.41) is 11.7. The Morgan fingerprint density at radius 3 is 2.79 bits per heavy atom. The van der Waals surface area contributed by atoms with Crippen LogP contribution in [-0.2, 0) is 4.79 Å². The van der Waals surface area contributed by atoms with E-state index in [1.807, 2.05) is 25.1 Å². The third-order valence-electron chi connectivity index (χ3n) is 3.64. The van der Waals surface area contributed by atoms with Crippen molar-refractivity contribution < 1.29 is 9.90 Å². The Hall–Kier alpha value is -1.79. The fourth-order valence-corrected chi connectivity index (χ4v) is 2.11. The highest BCUT2D eigenvalue weighted by Crippen LogP contribution is 2.52. The molecule has 100 valence electrons. The number of aliphatic hydroxyl groups is 1. The number of carbonyl (C=O) groups is 1. The molecule has 1 aliphatic carbocycles. The number of hydrogen-bond donors (Lipinski definition) is 2. The first-order valence-electron chi connectivity index (χ1n) is 6.45. The first-order valence-corrected chi connectivity index (χ1v) is 6.45. The minimum absolute atomic E-state index is 0.0837. The Morgan fingerprint density at radius 2 is 2.21 bits per heavy atom. The van der Waals surface area contributed by atoms with E-state index in [1.165, 1.54) is 0 Å². The van der Waals surface area contributed by atoms with Gasteiger partial charge < -0.3 is 10.4 Å². The SMILES string of the molecule is Cc1ccc(C#CCO)cc1NC(=O)C1CC1(C)C. The van der Waals surface area contributed by atoms with Crippen molar-refractivity contribution in [3.05, 3.63) is 29.3 Å². The van der Waals surface area contributed by atoms with Gasteiger partial charge in [-0.2, -0.15) is 0 Å². The second-order valence-electron chi connectivity index (χ2n) is 5.72. The highest BCUT2D eigenvalue weighted by Gasteiger charge is 2.50. The van der Waals surface area contributed by atoms with Crippen LogP contribution in [0.3, 0.4) is 0 Å². The standard InChI is InChI=1S/C16H19NO2/c1-11-6-7-12(5-4-8-18)9-14(11)17-15(19)13-10-16(13,2)3/h6-7,9,13,18H,8,10H2,1-3H3,(H,17,19). The number of aliphatic hydroxyl groups excluding tert-OH is 1. The van der Waals surface area contributed by atoms with Gasteiger partial charge >= 0.3 is 0 Å². The van der Waals surface area contributed by atoms with Crippen LogP contribution in [-0.4, -0.2) is 17.6 Å². The summed E-state index contributed by atoms with van der Waals surface area (Å²) in [6.45, 7) is 6.00. The lowest BCUT2D eigenvalue weighted by Gasteiger charge is -2.10. The van der Waals surface area contributed by atoms with Gasteiger partial charge in [-0.15, -0.1) is 0 Å². The Kier molecular flexibility index (Phi) is 3.64. The van der Waals surface area contributed by atoms with Crippen molar-refractivity contribution in [2.24, 2.45) is 11.3 Å². The van der Waals surface area contributed by atoms with Crippen LogP contribution in [0.2, 0.25) is 0 Å². The van der Waals surface area contributed by atoms with E-state index < -0.39 is 0 Å². The fourth-order valence-electron chi connectivity index (χ4n) is 2.11. The Bertz CT molecular complexity index is 564. The molecule has 0 heterocycles. The molecule has 2 rings (SSSR count). The van der Waals surface area contributed by atoms with Crippen molar-refractivity contribution in [2.75, 3.05) is 11.9 Å². The third kappa shape index (κ3) is 3.15. The van der Waals surface area contributed by atoms with Gasteiger partial charge in [0.2, 0.25) is 5.91 Å². The Labute approximate surface area is 114 Å². The summed E-state index contributed by atoms with van der Waals surface area (Å²) in [6, 6.07) is 5.66.